The molecule has 0 bridgehead atoms. The van der Waals surface area contributed by atoms with Crippen molar-refractivity contribution in [2.24, 2.45) is 10.9 Å². The lowest BCUT2D eigenvalue weighted by Gasteiger charge is -2.15. The van der Waals surface area contributed by atoms with Crippen LogP contribution < -0.4 is 10.6 Å². The fourth-order valence-corrected chi connectivity index (χ4v) is 2.87. The third kappa shape index (κ3) is 4.89. The number of guanidine groups is 1. The first-order valence-corrected chi connectivity index (χ1v) is 8.30. The second-order valence-electron chi connectivity index (χ2n) is 4.99. The van der Waals surface area contributed by atoms with Crippen molar-refractivity contribution in [2.45, 2.75) is 17.9 Å². The Morgan fingerprint density at radius 1 is 1.48 bits per heavy atom. The van der Waals surface area contributed by atoms with Crippen molar-refractivity contribution >= 4 is 17.7 Å². The fourth-order valence-electron chi connectivity index (χ4n) is 2.27. The molecule has 0 amide bonds. The van der Waals surface area contributed by atoms with Crippen LogP contribution in [0.5, 0.6) is 0 Å². The van der Waals surface area contributed by atoms with Crippen LogP contribution in [0.25, 0.3) is 0 Å². The van der Waals surface area contributed by atoms with E-state index in [-0.39, 0.29) is 5.82 Å². The Labute approximate surface area is 129 Å². The minimum atomic E-state index is -0.212. The van der Waals surface area contributed by atoms with E-state index in [0.29, 0.717) is 12.5 Å². The molecule has 1 heterocycles. The summed E-state index contributed by atoms with van der Waals surface area (Å²) in [5.74, 6) is 1.06. The van der Waals surface area contributed by atoms with Crippen molar-refractivity contribution in [1.82, 2.24) is 10.6 Å². The zero-order valence-corrected chi connectivity index (χ0v) is 13.3. The van der Waals surface area contributed by atoms with E-state index >= 15 is 0 Å². The number of halogens is 1. The molecule has 0 radical (unpaired) electrons. The van der Waals surface area contributed by atoms with Gasteiger partial charge in [-0.3, -0.25) is 4.99 Å². The maximum atomic E-state index is 13.3. The Morgan fingerprint density at radius 2 is 2.33 bits per heavy atom. The third-order valence-electron chi connectivity index (χ3n) is 3.49. The van der Waals surface area contributed by atoms with Gasteiger partial charge in [-0.25, -0.2) is 4.39 Å². The Balaban J connectivity index is 1.86. The van der Waals surface area contributed by atoms with Crippen molar-refractivity contribution < 1.29 is 9.13 Å². The van der Waals surface area contributed by atoms with E-state index < -0.39 is 0 Å². The lowest BCUT2D eigenvalue weighted by atomic mass is 10.1. The van der Waals surface area contributed by atoms with Gasteiger partial charge in [0, 0.05) is 37.6 Å². The molecule has 1 aromatic carbocycles. The Morgan fingerprint density at radius 3 is 3.00 bits per heavy atom. The maximum absolute atomic E-state index is 13.3. The van der Waals surface area contributed by atoms with Gasteiger partial charge in [-0.15, -0.1) is 11.8 Å². The predicted molar refractivity (Wildman–Crippen MR) is 85.3 cm³/mol. The lowest BCUT2D eigenvalue weighted by molar-refractivity contribution is 0.186. The topological polar surface area (TPSA) is 45.7 Å². The van der Waals surface area contributed by atoms with Crippen LogP contribution in [-0.4, -0.2) is 39.0 Å². The molecule has 0 spiro atoms. The first-order valence-electron chi connectivity index (χ1n) is 7.07. The molecule has 0 saturated carbocycles. The number of thioether (sulfide) groups is 1. The number of nitrogens with one attached hydrogen (secondary N) is 2. The van der Waals surface area contributed by atoms with Crippen molar-refractivity contribution in [3.63, 3.8) is 0 Å². The van der Waals surface area contributed by atoms with E-state index in [2.05, 4.69) is 15.6 Å². The molecule has 1 atom stereocenters. The molecule has 1 unspecified atom stereocenters. The molecule has 0 aliphatic carbocycles. The van der Waals surface area contributed by atoms with E-state index in [1.807, 2.05) is 12.3 Å². The van der Waals surface area contributed by atoms with Gasteiger partial charge in [0.05, 0.1) is 6.61 Å². The Hall–Kier alpha value is -1.27. The highest BCUT2D eigenvalue weighted by Gasteiger charge is 2.15. The van der Waals surface area contributed by atoms with Gasteiger partial charge in [0.25, 0.3) is 0 Å². The van der Waals surface area contributed by atoms with Gasteiger partial charge in [0.15, 0.2) is 5.96 Å². The first kappa shape index (κ1) is 16.1. The summed E-state index contributed by atoms with van der Waals surface area (Å²) in [5.41, 5.74) is 0.939. The van der Waals surface area contributed by atoms with Crippen LogP contribution in [0.4, 0.5) is 4.39 Å². The van der Waals surface area contributed by atoms with Gasteiger partial charge in [0.2, 0.25) is 0 Å². The number of aliphatic imine (C=N–C) groups is 1. The minimum Gasteiger partial charge on any atom is -0.381 e. The number of hydrogen-bond donors (Lipinski definition) is 2. The molecule has 0 aromatic heterocycles. The number of nitrogens with zero attached hydrogens (tertiary/aromatic N) is 1. The summed E-state index contributed by atoms with van der Waals surface area (Å²) in [5, 5.41) is 6.52. The van der Waals surface area contributed by atoms with Gasteiger partial charge >= 0.3 is 0 Å². The predicted octanol–water partition coefficient (Wildman–Crippen LogP) is 2.25. The normalized spacial score (nSPS) is 18.8. The van der Waals surface area contributed by atoms with E-state index in [9.17, 15) is 4.39 Å². The van der Waals surface area contributed by atoms with Crippen molar-refractivity contribution in [3.8, 4) is 0 Å². The summed E-state index contributed by atoms with van der Waals surface area (Å²) in [6.45, 7) is 3.05. The van der Waals surface area contributed by atoms with Gasteiger partial charge in [-0.1, -0.05) is 0 Å². The SMILES string of the molecule is CN=C(NCc1cc(F)ccc1SC)NCC1CCOC1. The van der Waals surface area contributed by atoms with Gasteiger partial charge in [-0.05, 0) is 36.4 Å². The molecule has 21 heavy (non-hydrogen) atoms. The average molecular weight is 311 g/mol. The highest BCUT2D eigenvalue weighted by molar-refractivity contribution is 7.98. The van der Waals surface area contributed by atoms with Crippen molar-refractivity contribution in [2.75, 3.05) is 33.1 Å². The number of rotatable bonds is 5. The van der Waals surface area contributed by atoms with E-state index in [0.717, 1.165) is 42.6 Å². The summed E-state index contributed by atoms with van der Waals surface area (Å²) >= 11 is 1.61. The van der Waals surface area contributed by atoms with Crippen molar-refractivity contribution in [1.29, 1.82) is 0 Å². The van der Waals surface area contributed by atoms with E-state index in [1.54, 1.807) is 24.9 Å². The molecule has 2 rings (SSSR count). The fraction of sp³-hybridized carbons (Fsp3) is 0.533. The van der Waals surface area contributed by atoms with Crippen LogP contribution in [0.3, 0.4) is 0 Å². The average Bonchev–Trinajstić information content (AvgIpc) is 3.01. The van der Waals surface area contributed by atoms with Gasteiger partial charge < -0.3 is 15.4 Å². The van der Waals surface area contributed by atoms with Crippen LogP contribution in [-0.2, 0) is 11.3 Å². The van der Waals surface area contributed by atoms with Crippen molar-refractivity contribution in [3.05, 3.63) is 29.6 Å². The molecule has 4 nitrogen and oxygen atoms in total. The summed E-state index contributed by atoms with van der Waals surface area (Å²) < 4.78 is 18.7. The summed E-state index contributed by atoms with van der Waals surface area (Å²) in [4.78, 5) is 5.27. The molecular weight excluding hydrogens is 289 g/mol. The van der Waals surface area contributed by atoms with Gasteiger partial charge in [-0.2, -0.15) is 0 Å². The molecule has 1 saturated heterocycles. The second kappa shape index (κ2) is 8.24. The maximum Gasteiger partial charge on any atom is 0.191 e. The van der Waals surface area contributed by atoms with Crippen LogP contribution in [0.15, 0.2) is 28.1 Å². The molecule has 2 N–H and O–H groups in total. The monoisotopic (exact) mass is 311 g/mol. The van der Waals surface area contributed by atoms with Crippen LogP contribution >= 0.6 is 11.8 Å². The largest absolute Gasteiger partial charge is 0.381 e. The number of benzene rings is 1. The number of ether oxygens (including phenoxy) is 1. The lowest BCUT2D eigenvalue weighted by Crippen LogP contribution is -2.39. The first-order chi connectivity index (χ1) is 10.2. The standard InChI is InChI=1S/C15H22FN3OS/c1-17-15(18-8-11-5-6-20-10-11)19-9-12-7-13(16)3-4-14(12)21-2/h3-4,7,11H,5-6,8-10H2,1-2H3,(H2,17,18,19). The zero-order valence-electron chi connectivity index (χ0n) is 12.5. The molecular formula is C15H22FN3OS. The third-order valence-corrected chi connectivity index (χ3v) is 4.33. The summed E-state index contributed by atoms with van der Waals surface area (Å²) in [6, 6.07) is 4.86. The quantitative estimate of drug-likeness (QED) is 0.497. The molecule has 1 aliphatic heterocycles. The summed E-state index contributed by atoms with van der Waals surface area (Å²) in [6.07, 6.45) is 3.08. The smallest absolute Gasteiger partial charge is 0.191 e. The highest BCUT2D eigenvalue weighted by Crippen LogP contribution is 2.21. The van der Waals surface area contributed by atoms with Crippen LogP contribution in [0, 0.1) is 11.7 Å². The number of hydrogen-bond acceptors (Lipinski definition) is 3. The zero-order chi connectivity index (χ0) is 15.1. The second-order valence-corrected chi connectivity index (χ2v) is 5.84. The molecule has 6 heteroatoms. The van der Waals surface area contributed by atoms with Crippen LogP contribution in [0.2, 0.25) is 0 Å². The molecule has 1 aliphatic rings. The molecule has 1 fully saturated rings. The summed E-state index contributed by atoms with van der Waals surface area (Å²) in [7, 11) is 1.74. The highest BCUT2D eigenvalue weighted by atomic mass is 32.2. The van der Waals surface area contributed by atoms with E-state index in [1.165, 1.54) is 6.07 Å². The Bertz CT molecular complexity index is 490. The molecule has 1 aromatic rings. The Kier molecular flexibility index (Phi) is 6.32. The minimum absolute atomic E-state index is 0.212. The van der Waals surface area contributed by atoms with Crippen LogP contribution in [0.1, 0.15) is 12.0 Å². The van der Waals surface area contributed by atoms with Gasteiger partial charge in [0.1, 0.15) is 5.82 Å². The van der Waals surface area contributed by atoms with E-state index in [4.69, 9.17) is 4.74 Å². The molecule has 116 valence electrons.